The number of carbonyl (C=O) groups is 1. The number of hydrogen-bond donors (Lipinski definition) is 0. The van der Waals surface area contributed by atoms with E-state index in [0.29, 0.717) is 11.0 Å². The Bertz CT molecular complexity index is 724. The SMILES string of the molecule is CN(CC(=O)N1c2nc(Cl)ccc2N2CC[C@H]1C2)S(C)(=O)=O. The summed E-state index contributed by atoms with van der Waals surface area (Å²) in [6.45, 7) is 1.39. The Morgan fingerprint density at radius 2 is 2.23 bits per heavy atom. The molecule has 2 aliphatic rings. The molecule has 1 fully saturated rings. The van der Waals surface area contributed by atoms with Crippen molar-refractivity contribution >= 4 is 39.0 Å². The topological polar surface area (TPSA) is 73.8 Å². The molecule has 0 aromatic carbocycles. The van der Waals surface area contributed by atoms with E-state index in [1.807, 2.05) is 6.07 Å². The van der Waals surface area contributed by atoms with E-state index in [2.05, 4.69) is 9.88 Å². The second-order valence-electron chi connectivity index (χ2n) is 5.65. The van der Waals surface area contributed by atoms with Crippen LogP contribution in [0.4, 0.5) is 11.5 Å². The molecule has 0 saturated carbocycles. The van der Waals surface area contributed by atoms with Crippen molar-refractivity contribution < 1.29 is 13.2 Å². The summed E-state index contributed by atoms with van der Waals surface area (Å²) >= 11 is 5.97. The number of amides is 1. The van der Waals surface area contributed by atoms with Gasteiger partial charge in [-0.2, -0.15) is 4.31 Å². The Balaban J connectivity index is 1.94. The number of likely N-dealkylation sites (N-methyl/N-ethyl adjacent to an activating group) is 1. The van der Waals surface area contributed by atoms with E-state index in [9.17, 15) is 13.2 Å². The Morgan fingerprint density at radius 3 is 2.91 bits per heavy atom. The molecule has 0 unspecified atom stereocenters. The lowest BCUT2D eigenvalue weighted by Gasteiger charge is -2.36. The number of aromatic nitrogens is 1. The van der Waals surface area contributed by atoms with E-state index >= 15 is 0 Å². The summed E-state index contributed by atoms with van der Waals surface area (Å²) in [6.07, 6.45) is 1.92. The van der Waals surface area contributed by atoms with Gasteiger partial charge in [-0.3, -0.25) is 9.69 Å². The predicted octanol–water partition coefficient (Wildman–Crippen LogP) is 0.552. The van der Waals surface area contributed by atoms with E-state index in [1.165, 1.54) is 7.05 Å². The average molecular weight is 345 g/mol. The van der Waals surface area contributed by atoms with Crippen molar-refractivity contribution in [2.75, 3.05) is 42.7 Å². The lowest BCUT2D eigenvalue weighted by Crippen LogP contribution is -2.50. The van der Waals surface area contributed by atoms with Crippen molar-refractivity contribution in [3.05, 3.63) is 17.3 Å². The zero-order valence-corrected chi connectivity index (χ0v) is 13.9. The largest absolute Gasteiger partial charge is 0.366 e. The van der Waals surface area contributed by atoms with Gasteiger partial charge in [-0.1, -0.05) is 11.6 Å². The van der Waals surface area contributed by atoms with Crippen molar-refractivity contribution in [2.24, 2.45) is 0 Å². The zero-order chi connectivity index (χ0) is 16.1. The Kier molecular flexibility index (Phi) is 3.78. The van der Waals surface area contributed by atoms with Gasteiger partial charge in [0.05, 0.1) is 24.5 Å². The second-order valence-corrected chi connectivity index (χ2v) is 8.12. The lowest BCUT2D eigenvalue weighted by molar-refractivity contribution is -0.119. The van der Waals surface area contributed by atoms with Crippen LogP contribution >= 0.6 is 11.6 Å². The van der Waals surface area contributed by atoms with Gasteiger partial charge < -0.3 is 4.90 Å². The predicted molar refractivity (Wildman–Crippen MR) is 84.8 cm³/mol. The van der Waals surface area contributed by atoms with Crippen LogP contribution in [0.1, 0.15) is 6.42 Å². The first-order valence-electron chi connectivity index (χ1n) is 6.92. The molecule has 9 heteroatoms. The summed E-state index contributed by atoms with van der Waals surface area (Å²) in [6, 6.07) is 3.57. The summed E-state index contributed by atoms with van der Waals surface area (Å²) in [5, 5.41) is 0.315. The van der Waals surface area contributed by atoms with E-state index in [-0.39, 0.29) is 18.5 Å². The molecule has 22 heavy (non-hydrogen) atoms. The highest BCUT2D eigenvalue weighted by atomic mass is 35.5. The number of halogens is 1. The average Bonchev–Trinajstić information content (AvgIpc) is 2.82. The van der Waals surface area contributed by atoms with Crippen LogP contribution in [-0.2, 0) is 14.8 Å². The van der Waals surface area contributed by atoms with Crippen LogP contribution < -0.4 is 9.80 Å². The van der Waals surface area contributed by atoms with Crippen LogP contribution in [0.15, 0.2) is 12.1 Å². The van der Waals surface area contributed by atoms with Crippen LogP contribution in [0.5, 0.6) is 0 Å². The smallest absolute Gasteiger partial charge is 0.243 e. The van der Waals surface area contributed by atoms with E-state index in [0.717, 1.165) is 35.8 Å². The molecular weight excluding hydrogens is 328 g/mol. The lowest BCUT2D eigenvalue weighted by atomic mass is 10.1. The number of hydrogen-bond acceptors (Lipinski definition) is 5. The minimum absolute atomic E-state index is 0.0129. The van der Waals surface area contributed by atoms with Gasteiger partial charge in [-0.15, -0.1) is 0 Å². The monoisotopic (exact) mass is 344 g/mol. The van der Waals surface area contributed by atoms with Gasteiger partial charge >= 0.3 is 0 Å². The van der Waals surface area contributed by atoms with Crippen LogP contribution in [0, 0.1) is 0 Å². The van der Waals surface area contributed by atoms with Gasteiger partial charge in [0.25, 0.3) is 0 Å². The molecule has 1 amide bonds. The van der Waals surface area contributed by atoms with Gasteiger partial charge in [-0.25, -0.2) is 13.4 Å². The number of sulfonamides is 1. The molecule has 0 N–H and O–H groups in total. The molecule has 2 aliphatic heterocycles. The highest BCUT2D eigenvalue weighted by Gasteiger charge is 2.40. The van der Waals surface area contributed by atoms with Crippen LogP contribution in [0.25, 0.3) is 0 Å². The Labute approximate surface area is 134 Å². The van der Waals surface area contributed by atoms with Crippen LogP contribution in [0.3, 0.4) is 0 Å². The third kappa shape index (κ3) is 2.66. The number of nitrogens with zero attached hydrogens (tertiary/aromatic N) is 4. The van der Waals surface area contributed by atoms with Crippen LogP contribution in [0.2, 0.25) is 5.15 Å². The van der Waals surface area contributed by atoms with Crippen molar-refractivity contribution in [3.63, 3.8) is 0 Å². The van der Waals surface area contributed by atoms with Gasteiger partial charge in [0.2, 0.25) is 15.9 Å². The Morgan fingerprint density at radius 1 is 1.50 bits per heavy atom. The first-order valence-corrected chi connectivity index (χ1v) is 9.15. The molecule has 3 rings (SSSR count). The summed E-state index contributed by atoms with van der Waals surface area (Å²) in [4.78, 5) is 20.7. The zero-order valence-electron chi connectivity index (χ0n) is 12.4. The molecule has 1 saturated heterocycles. The first-order chi connectivity index (χ1) is 10.3. The highest BCUT2D eigenvalue weighted by Crippen LogP contribution is 2.39. The normalized spacial score (nSPS) is 20.5. The molecule has 7 nitrogen and oxygen atoms in total. The number of rotatable bonds is 3. The number of anilines is 2. The third-order valence-corrected chi connectivity index (χ3v) is 5.58. The van der Waals surface area contributed by atoms with Crippen molar-refractivity contribution in [1.82, 2.24) is 9.29 Å². The van der Waals surface area contributed by atoms with E-state index in [1.54, 1.807) is 11.0 Å². The number of fused-ring (bicyclic) bond motifs is 4. The van der Waals surface area contributed by atoms with E-state index < -0.39 is 10.0 Å². The molecular formula is C13H17ClN4O3S. The van der Waals surface area contributed by atoms with Crippen molar-refractivity contribution in [2.45, 2.75) is 12.5 Å². The fraction of sp³-hybridized carbons (Fsp3) is 0.538. The minimum atomic E-state index is -3.41. The summed E-state index contributed by atoms with van der Waals surface area (Å²) in [5.74, 6) is 0.239. The first kappa shape index (κ1) is 15.5. The molecule has 1 aromatic rings. The van der Waals surface area contributed by atoms with Gasteiger partial charge in [0.15, 0.2) is 5.82 Å². The summed E-state index contributed by atoms with van der Waals surface area (Å²) < 4.78 is 24.1. The highest BCUT2D eigenvalue weighted by molar-refractivity contribution is 7.88. The molecule has 0 aliphatic carbocycles. The second kappa shape index (κ2) is 5.36. The maximum absolute atomic E-state index is 12.6. The standard InChI is InChI=1S/C13H17ClN4O3S/c1-16(22(2,20)21)8-12(19)18-9-5-6-17(7-9)10-3-4-11(14)15-13(10)18/h3-4,9H,5-8H2,1-2H3/t9-/m0/s1. The fourth-order valence-electron chi connectivity index (χ4n) is 2.89. The molecule has 120 valence electrons. The molecule has 1 aromatic heterocycles. The number of pyridine rings is 1. The molecule has 0 spiro atoms. The fourth-order valence-corrected chi connectivity index (χ4v) is 3.38. The third-order valence-electron chi connectivity index (χ3n) is 4.11. The maximum Gasteiger partial charge on any atom is 0.243 e. The van der Waals surface area contributed by atoms with Gasteiger partial charge in [0.1, 0.15) is 5.15 Å². The molecule has 1 atom stereocenters. The Hall–Kier alpha value is -1.38. The molecule has 3 heterocycles. The quantitative estimate of drug-likeness (QED) is 0.749. The van der Waals surface area contributed by atoms with E-state index in [4.69, 9.17) is 11.6 Å². The van der Waals surface area contributed by atoms with Crippen molar-refractivity contribution in [3.8, 4) is 0 Å². The summed E-state index contributed by atoms with van der Waals surface area (Å²) in [5.41, 5.74) is 0.869. The number of carbonyl (C=O) groups excluding carboxylic acids is 1. The minimum Gasteiger partial charge on any atom is -0.366 e. The molecule has 0 radical (unpaired) electrons. The van der Waals surface area contributed by atoms with Gasteiger partial charge in [0, 0.05) is 20.1 Å². The van der Waals surface area contributed by atoms with Crippen LogP contribution in [-0.4, -0.2) is 62.6 Å². The summed E-state index contributed by atoms with van der Waals surface area (Å²) in [7, 11) is -2.01. The maximum atomic E-state index is 12.6. The van der Waals surface area contributed by atoms with Crippen molar-refractivity contribution in [1.29, 1.82) is 0 Å². The van der Waals surface area contributed by atoms with Gasteiger partial charge in [-0.05, 0) is 18.6 Å². The molecule has 2 bridgehead atoms.